The molecule has 86 valence electrons. The van der Waals surface area contributed by atoms with Crippen molar-refractivity contribution in [2.45, 2.75) is 33.2 Å². The van der Waals surface area contributed by atoms with Gasteiger partial charge in [0.1, 0.15) is 0 Å². The Morgan fingerprint density at radius 2 is 2.00 bits per heavy atom. The molecule has 0 aromatic rings. The van der Waals surface area contributed by atoms with Crippen LogP contribution in [0.15, 0.2) is 0 Å². The standard InChI is InChI=1S/C11H24BrNS/c1-6-10(7-14-5)13(4)9-11(2,3)8-12/h10H,6-9H2,1-5H3. The van der Waals surface area contributed by atoms with Crippen LogP contribution in [0, 0.1) is 5.41 Å². The second-order valence-corrected chi connectivity index (χ2v) is 6.20. The first-order chi connectivity index (χ1) is 6.46. The molecule has 14 heavy (non-hydrogen) atoms. The smallest absolute Gasteiger partial charge is 0.0180 e. The lowest BCUT2D eigenvalue weighted by atomic mass is 9.95. The molecule has 0 aliphatic rings. The van der Waals surface area contributed by atoms with E-state index < -0.39 is 0 Å². The van der Waals surface area contributed by atoms with E-state index in [2.05, 4.69) is 54.9 Å². The first-order valence-corrected chi connectivity index (χ1v) is 7.73. The average molecular weight is 282 g/mol. The number of thioether (sulfide) groups is 1. The molecule has 0 bridgehead atoms. The lowest BCUT2D eigenvalue weighted by Crippen LogP contribution is -2.40. The average Bonchev–Trinajstić information content (AvgIpc) is 2.13. The van der Waals surface area contributed by atoms with E-state index >= 15 is 0 Å². The zero-order chi connectivity index (χ0) is 11.2. The first-order valence-electron chi connectivity index (χ1n) is 5.22. The van der Waals surface area contributed by atoms with Gasteiger partial charge in [0, 0.05) is 23.7 Å². The second-order valence-electron chi connectivity index (χ2n) is 4.73. The molecule has 0 aromatic carbocycles. The molecule has 1 nitrogen and oxygen atoms in total. The van der Waals surface area contributed by atoms with Crippen LogP contribution in [0.2, 0.25) is 0 Å². The summed E-state index contributed by atoms with van der Waals surface area (Å²) in [6.07, 6.45) is 3.43. The predicted octanol–water partition coefficient (Wildman–Crippen LogP) is 3.48. The van der Waals surface area contributed by atoms with Crippen molar-refractivity contribution in [3.05, 3.63) is 0 Å². The van der Waals surface area contributed by atoms with Crippen molar-refractivity contribution in [2.75, 3.05) is 30.9 Å². The summed E-state index contributed by atoms with van der Waals surface area (Å²) in [6.45, 7) is 8.06. The summed E-state index contributed by atoms with van der Waals surface area (Å²) in [6, 6.07) is 0.725. The fourth-order valence-corrected chi connectivity index (χ4v) is 2.65. The van der Waals surface area contributed by atoms with Gasteiger partial charge in [-0.3, -0.25) is 0 Å². The van der Waals surface area contributed by atoms with Crippen LogP contribution < -0.4 is 0 Å². The Morgan fingerprint density at radius 1 is 1.43 bits per heavy atom. The first kappa shape index (κ1) is 14.8. The molecule has 1 atom stereocenters. The summed E-state index contributed by atoms with van der Waals surface area (Å²) in [5.74, 6) is 1.24. The third kappa shape index (κ3) is 5.62. The summed E-state index contributed by atoms with van der Waals surface area (Å²) < 4.78 is 0. The second kappa shape index (κ2) is 7.13. The molecular formula is C11H24BrNS. The maximum atomic E-state index is 3.58. The summed E-state index contributed by atoms with van der Waals surface area (Å²) in [5, 5.41) is 1.07. The summed E-state index contributed by atoms with van der Waals surface area (Å²) >= 11 is 5.52. The molecule has 0 fully saturated rings. The highest BCUT2D eigenvalue weighted by Crippen LogP contribution is 2.21. The molecule has 0 N–H and O–H groups in total. The van der Waals surface area contributed by atoms with Crippen LogP contribution in [0.5, 0.6) is 0 Å². The Bertz CT molecular complexity index is 150. The minimum atomic E-state index is 0.376. The summed E-state index contributed by atoms with van der Waals surface area (Å²) in [7, 11) is 2.24. The molecule has 0 saturated heterocycles. The number of hydrogen-bond donors (Lipinski definition) is 0. The van der Waals surface area contributed by atoms with E-state index in [1.165, 1.54) is 12.2 Å². The Morgan fingerprint density at radius 3 is 2.36 bits per heavy atom. The fraction of sp³-hybridized carbons (Fsp3) is 1.00. The van der Waals surface area contributed by atoms with Gasteiger partial charge < -0.3 is 4.90 Å². The molecule has 0 aliphatic carbocycles. The Hall–Kier alpha value is 0.790. The van der Waals surface area contributed by atoms with Crippen LogP contribution in [0.3, 0.4) is 0 Å². The van der Waals surface area contributed by atoms with Crippen molar-refractivity contribution in [1.29, 1.82) is 0 Å². The Kier molecular flexibility index (Phi) is 7.53. The molecule has 0 spiro atoms. The maximum Gasteiger partial charge on any atom is 0.0180 e. The van der Waals surface area contributed by atoms with Gasteiger partial charge in [0.2, 0.25) is 0 Å². The molecule has 0 radical (unpaired) electrons. The number of rotatable bonds is 7. The van der Waals surface area contributed by atoms with Crippen LogP contribution >= 0.6 is 27.7 Å². The Balaban J connectivity index is 4.09. The monoisotopic (exact) mass is 281 g/mol. The van der Waals surface area contributed by atoms with E-state index in [9.17, 15) is 0 Å². The van der Waals surface area contributed by atoms with Crippen molar-refractivity contribution >= 4 is 27.7 Å². The zero-order valence-electron chi connectivity index (χ0n) is 10.1. The fourth-order valence-electron chi connectivity index (χ4n) is 1.60. The lowest BCUT2D eigenvalue weighted by Gasteiger charge is -2.33. The van der Waals surface area contributed by atoms with E-state index in [1.807, 2.05) is 11.8 Å². The third-order valence-corrected chi connectivity index (χ3v) is 4.73. The molecular weight excluding hydrogens is 258 g/mol. The quantitative estimate of drug-likeness (QED) is 0.658. The van der Waals surface area contributed by atoms with E-state index in [0.29, 0.717) is 5.41 Å². The normalized spacial score (nSPS) is 14.8. The Labute approximate surface area is 102 Å². The van der Waals surface area contributed by atoms with Crippen molar-refractivity contribution in [1.82, 2.24) is 4.90 Å². The molecule has 0 saturated carbocycles. The minimum absolute atomic E-state index is 0.376. The van der Waals surface area contributed by atoms with E-state index in [1.54, 1.807) is 0 Å². The van der Waals surface area contributed by atoms with Gasteiger partial charge >= 0.3 is 0 Å². The van der Waals surface area contributed by atoms with Crippen molar-refractivity contribution in [3.63, 3.8) is 0 Å². The molecule has 1 unspecified atom stereocenters. The van der Waals surface area contributed by atoms with Crippen molar-refractivity contribution in [2.24, 2.45) is 5.41 Å². The predicted molar refractivity (Wildman–Crippen MR) is 72.7 cm³/mol. The van der Waals surface area contributed by atoms with E-state index in [0.717, 1.165) is 17.9 Å². The maximum absolute atomic E-state index is 3.58. The van der Waals surface area contributed by atoms with E-state index in [4.69, 9.17) is 0 Å². The van der Waals surface area contributed by atoms with Crippen LogP contribution in [0.25, 0.3) is 0 Å². The number of hydrogen-bond acceptors (Lipinski definition) is 2. The number of halogens is 1. The third-order valence-electron chi connectivity index (χ3n) is 2.49. The minimum Gasteiger partial charge on any atom is -0.302 e. The highest BCUT2D eigenvalue weighted by Gasteiger charge is 2.22. The summed E-state index contributed by atoms with van der Waals surface area (Å²) in [4.78, 5) is 2.50. The van der Waals surface area contributed by atoms with Crippen molar-refractivity contribution in [3.8, 4) is 0 Å². The van der Waals surface area contributed by atoms with Gasteiger partial charge in [-0.25, -0.2) is 0 Å². The highest BCUT2D eigenvalue weighted by molar-refractivity contribution is 9.09. The van der Waals surface area contributed by atoms with Gasteiger partial charge in [-0.15, -0.1) is 0 Å². The van der Waals surface area contributed by atoms with Gasteiger partial charge in [-0.05, 0) is 25.1 Å². The number of alkyl halides is 1. The zero-order valence-corrected chi connectivity index (χ0v) is 12.5. The van der Waals surface area contributed by atoms with Crippen LogP contribution in [0.1, 0.15) is 27.2 Å². The molecule has 0 aromatic heterocycles. The van der Waals surface area contributed by atoms with Crippen LogP contribution in [-0.4, -0.2) is 41.9 Å². The van der Waals surface area contributed by atoms with Gasteiger partial charge in [-0.1, -0.05) is 36.7 Å². The van der Waals surface area contributed by atoms with Crippen molar-refractivity contribution < 1.29 is 0 Å². The van der Waals surface area contributed by atoms with Crippen LogP contribution in [0.4, 0.5) is 0 Å². The van der Waals surface area contributed by atoms with Gasteiger partial charge in [0.05, 0.1) is 0 Å². The molecule has 0 amide bonds. The summed E-state index contributed by atoms with van der Waals surface area (Å²) in [5.41, 5.74) is 0.376. The number of nitrogens with zero attached hydrogens (tertiary/aromatic N) is 1. The topological polar surface area (TPSA) is 3.24 Å². The molecule has 0 heterocycles. The van der Waals surface area contributed by atoms with Gasteiger partial charge in [0.25, 0.3) is 0 Å². The van der Waals surface area contributed by atoms with Gasteiger partial charge in [0.15, 0.2) is 0 Å². The highest BCUT2D eigenvalue weighted by atomic mass is 79.9. The van der Waals surface area contributed by atoms with Gasteiger partial charge in [-0.2, -0.15) is 11.8 Å². The largest absolute Gasteiger partial charge is 0.302 e. The SMILES string of the molecule is CCC(CSC)N(C)CC(C)(C)CBr. The molecule has 0 aliphatic heterocycles. The van der Waals surface area contributed by atoms with Crippen LogP contribution in [-0.2, 0) is 0 Å². The molecule has 3 heteroatoms. The molecule has 0 rings (SSSR count). The van der Waals surface area contributed by atoms with E-state index in [-0.39, 0.29) is 0 Å². The lowest BCUT2D eigenvalue weighted by molar-refractivity contribution is 0.184.